The number of ether oxygens (including phenoxy) is 2. The highest BCUT2D eigenvalue weighted by Crippen LogP contribution is 2.35. The van der Waals surface area contributed by atoms with Crippen LogP contribution in [0.3, 0.4) is 0 Å². The maximum Gasteiger partial charge on any atom is 0.341 e. The molecule has 3 aromatic rings. The number of benzene rings is 2. The van der Waals surface area contributed by atoms with Gasteiger partial charge in [0.15, 0.2) is 11.5 Å². The monoisotopic (exact) mass is 468 g/mol. The Kier molecular flexibility index (Phi) is 6.56. The highest BCUT2D eigenvalue weighted by molar-refractivity contribution is 7.91. The summed E-state index contributed by atoms with van der Waals surface area (Å²) in [6.07, 6.45) is 0. The number of nitrogens with one attached hydrogen (secondary N) is 1. The van der Waals surface area contributed by atoms with Gasteiger partial charge in [-0.1, -0.05) is 0 Å². The maximum atomic E-state index is 12.7. The first-order valence-electron chi connectivity index (χ1n) is 8.80. The van der Waals surface area contributed by atoms with Crippen molar-refractivity contribution in [1.29, 1.82) is 0 Å². The third-order valence-corrected chi connectivity index (χ3v) is 6.91. The second-order valence-electron chi connectivity index (χ2n) is 6.29. The van der Waals surface area contributed by atoms with Crippen LogP contribution in [0.2, 0.25) is 0 Å². The van der Waals surface area contributed by atoms with Gasteiger partial charge in [0.1, 0.15) is 9.88 Å². The summed E-state index contributed by atoms with van der Waals surface area (Å²) in [4.78, 5) is 16.9. The minimum Gasteiger partial charge on any atom is -0.493 e. The molecule has 0 fully saturated rings. The van der Waals surface area contributed by atoms with Crippen molar-refractivity contribution in [1.82, 2.24) is 4.98 Å². The van der Waals surface area contributed by atoms with Gasteiger partial charge >= 0.3 is 5.76 Å². The molecular formula is C20H18F2N2O5S2. The summed E-state index contributed by atoms with van der Waals surface area (Å²) in [5, 5.41) is 3.22. The lowest BCUT2D eigenvalue weighted by Gasteiger charge is -2.08. The van der Waals surface area contributed by atoms with Crippen molar-refractivity contribution in [3.63, 3.8) is 0 Å². The lowest BCUT2D eigenvalue weighted by Crippen LogP contribution is -2.13. The van der Waals surface area contributed by atoms with Gasteiger partial charge in [0.2, 0.25) is 9.84 Å². The van der Waals surface area contributed by atoms with Crippen LogP contribution in [0.15, 0.2) is 47.4 Å². The summed E-state index contributed by atoms with van der Waals surface area (Å²) in [7, 11) is -1.64. The Balaban J connectivity index is 1.82. The van der Waals surface area contributed by atoms with E-state index in [4.69, 9.17) is 9.47 Å². The first-order valence-corrected chi connectivity index (χ1v) is 11.2. The lowest BCUT2D eigenvalue weighted by molar-refractivity contribution is 0.103. The van der Waals surface area contributed by atoms with Crippen molar-refractivity contribution in [2.45, 2.75) is 17.6 Å². The molecule has 1 N–H and O–H groups in total. The van der Waals surface area contributed by atoms with E-state index in [9.17, 15) is 22.0 Å². The molecule has 11 heteroatoms. The topological polar surface area (TPSA) is 94.6 Å². The smallest absolute Gasteiger partial charge is 0.341 e. The number of nitrogens with zero attached hydrogens (tertiary/aromatic N) is 1. The molecule has 0 atom stereocenters. The van der Waals surface area contributed by atoms with Gasteiger partial charge in [0, 0.05) is 11.3 Å². The van der Waals surface area contributed by atoms with E-state index in [0.29, 0.717) is 27.1 Å². The maximum absolute atomic E-state index is 12.7. The van der Waals surface area contributed by atoms with E-state index >= 15 is 0 Å². The summed E-state index contributed by atoms with van der Waals surface area (Å²) >= 11 is 1.17. The molecule has 0 saturated carbocycles. The fourth-order valence-electron chi connectivity index (χ4n) is 2.72. The van der Waals surface area contributed by atoms with Crippen molar-refractivity contribution in [2.75, 3.05) is 19.5 Å². The number of halogens is 2. The van der Waals surface area contributed by atoms with Crippen LogP contribution < -0.4 is 14.8 Å². The zero-order chi connectivity index (χ0) is 22.8. The van der Waals surface area contributed by atoms with E-state index in [1.165, 1.54) is 37.7 Å². The molecule has 0 aliphatic heterocycles. The SMILES string of the molecule is COc1ccc(-c2nc(C)c(C(=O)Nc3ccc(S(=O)(=O)C(F)F)cc3)s2)cc1OC. The van der Waals surface area contributed by atoms with Crippen LogP contribution in [0.4, 0.5) is 14.5 Å². The van der Waals surface area contributed by atoms with Crippen LogP contribution in [0.1, 0.15) is 15.4 Å². The van der Waals surface area contributed by atoms with Gasteiger partial charge in [-0.3, -0.25) is 4.79 Å². The number of alkyl halides is 2. The van der Waals surface area contributed by atoms with Crippen LogP contribution in [0.25, 0.3) is 10.6 Å². The number of methoxy groups -OCH3 is 2. The van der Waals surface area contributed by atoms with Crippen molar-refractivity contribution >= 4 is 32.8 Å². The minimum absolute atomic E-state index is 0.263. The Morgan fingerprint density at radius 3 is 2.29 bits per heavy atom. The predicted octanol–water partition coefficient (Wildman–Crippen LogP) is 4.38. The van der Waals surface area contributed by atoms with Crippen LogP contribution in [-0.4, -0.2) is 39.3 Å². The second kappa shape index (κ2) is 8.98. The minimum atomic E-state index is -4.69. The quantitative estimate of drug-likeness (QED) is 0.553. The number of thiazole rings is 1. The first-order chi connectivity index (χ1) is 14.7. The van der Waals surface area contributed by atoms with E-state index in [1.807, 2.05) is 0 Å². The molecule has 164 valence electrons. The number of carbonyl (C=O) groups excluding carboxylic acids is 1. The number of hydrogen-bond donors (Lipinski definition) is 1. The number of hydrogen-bond acceptors (Lipinski definition) is 7. The molecule has 0 unspecified atom stereocenters. The van der Waals surface area contributed by atoms with E-state index in [0.717, 1.165) is 17.7 Å². The molecule has 7 nitrogen and oxygen atoms in total. The molecule has 1 amide bonds. The third-order valence-electron chi connectivity index (χ3n) is 4.31. The number of carbonyl (C=O) groups is 1. The standard InChI is InChI=1S/C20H18F2N2O5S2/c1-11-17(30-19(23-11)12-4-9-15(28-2)16(10-12)29-3)18(25)24-13-5-7-14(8-6-13)31(26,27)20(21)22/h4-10,20H,1-3H3,(H,24,25). The highest BCUT2D eigenvalue weighted by atomic mass is 32.2. The fraction of sp³-hybridized carbons (Fsp3) is 0.200. The Morgan fingerprint density at radius 1 is 1.06 bits per heavy atom. The summed E-state index contributed by atoms with van der Waals surface area (Å²) < 4.78 is 58.8. The lowest BCUT2D eigenvalue weighted by atomic mass is 10.2. The van der Waals surface area contributed by atoms with Gasteiger partial charge in [-0.25, -0.2) is 13.4 Å². The number of aryl methyl sites for hydroxylation is 1. The molecule has 0 spiro atoms. The molecule has 2 aromatic carbocycles. The van der Waals surface area contributed by atoms with Crippen LogP contribution in [0, 0.1) is 6.92 Å². The van der Waals surface area contributed by atoms with Crippen LogP contribution in [-0.2, 0) is 9.84 Å². The van der Waals surface area contributed by atoms with E-state index in [2.05, 4.69) is 10.3 Å². The zero-order valence-electron chi connectivity index (χ0n) is 16.7. The molecule has 1 aromatic heterocycles. The molecule has 1 heterocycles. The van der Waals surface area contributed by atoms with Gasteiger partial charge in [-0.05, 0) is 49.4 Å². The van der Waals surface area contributed by atoms with Crippen molar-refractivity contribution < 1.29 is 31.5 Å². The summed E-state index contributed by atoms with van der Waals surface area (Å²) in [5.74, 6) is -2.87. The number of aromatic nitrogens is 1. The van der Waals surface area contributed by atoms with Gasteiger partial charge in [0.05, 0.1) is 24.8 Å². The van der Waals surface area contributed by atoms with Gasteiger partial charge in [-0.15, -0.1) is 11.3 Å². The molecule has 0 bridgehead atoms. The number of sulfone groups is 1. The van der Waals surface area contributed by atoms with E-state index < -0.39 is 26.4 Å². The Morgan fingerprint density at radius 2 is 1.71 bits per heavy atom. The number of anilines is 1. The van der Waals surface area contributed by atoms with Crippen molar-refractivity contribution in [2.24, 2.45) is 0 Å². The van der Waals surface area contributed by atoms with E-state index in [1.54, 1.807) is 25.1 Å². The van der Waals surface area contributed by atoms with Gasteiger partial charge < -0.3 is 14.8 Å². The first kappa shape index (κ1) is 22.6. The molecule has 0 aliphatic rings. The fourth-order valence-corrected chi connectivity index (χ4v) is 4.40. The predicted molar refractivity (Wildman–Crippen MR) is 113 cm³/mol. The molecule has 31 heavy (non-hydrogen) atoms. The van der Waals surface area contributed by atoms with Crippen molar-refractivity contribution in [3.8, 4) is 22.1 Å². The average Bonchev–Trinajstić information content (AvgIpc) is 3.15. The van der Waals surface area contributed by atoms with Crippen molar-refractivity contribution in [3.05, 3.63) is 53.0 Å². The average molecular weight is 469 g/mol. The van der Waals surface area contributed by atoms with Crippen LogP contribution in [0.5, 0.6) is 11.5 Å². The summed E-state index contributed by atoms with van der Waals surface area (Å²) in [6.45, 7) is 1.69. The highest BCUT2D eigenvalue weighted by Gasteiger charge is 2.26. The van der Waals surface area contributed by atoms with Crippen LogP contribution >= 0.6 is 11.3 Å². The molecule has 0 saturated heterocycles. The van der Waals surface area contributed by atoms with Gasteiger partial charge in [0.25, 0.3) is 5.91 Å². The molecule has 0 aliphatic carbocycles. The Labute approximate surface area is 181 Å². The zero-order valence-corrected chi connectivity index (χ0v) is 18.3. The molecule has 0 radical (unpaired) electrons. The normalized spacial score (nSPS) is 11.4. The largest absolute Gasteiger partial charge is 0.493 e. The molecule has 3 rings (SSSR count). The third kappa shape index (κ3) is 4.67. The Hall–Kier alpha value is -3.05. The van der Waals surface area contributed by atoms with E-state index in [-0.39, 0.29) is 5.69 Å². The summed E-state index contributed by atoms with van der Waals surface area (Å²) in [6, 6.07) is 9.82. The summed E-state index contributed by atoms with van der Waals surface area (Å²) in [5.41, 5.74) is 1.51. The second-order valence-corrected chi connectivity index (χ2v) is 9.20. The molecular weight excluding hydrogens is 450 g/mol. The number of rotatable bonds is 7. The van der Waals surface area contributed by atoms with Gasteiger partial charge in [-0.2, -0.15) is 8.78 Å². The Bertz CT molecular complexity index is 1210. The number of amides is 1.